The second-order valence-corrected chi connectivity index (χ2v) is 7.98. The molecule has 0 bridgehead atoms. The standard InChI is InChI=1S/C20H22N4O4/c25-17-4-3-15(18(26)22-17)24-19(27)13-2-1-12(9-14(13)20(24)28)23-8-6-11-5-7-21-10-16(11)23/h1-2,9,11,15-16,21H,3-8,10H2,(H,22,25,26). The average Bonchev–Trinajstić information content (AvgIpc) is 3.22. The van der Waals surface area contributed by atoms with Gasteiger partial charge in [0, 0.05) is 31.2 Å². The fourth-order valence-corrected chi connectivity index (χ4v) is 5.03. The first-order valence-electron chi connectivity index (χ1n) is 9.87. The maximum atomic E-state index is 13.0. The Bertz CT molecular complexity index is 898. The largest absolute Gasteiger partial charge is 0.367 e. The molecule has 8 nitrogen and oxygen atoms in total. The summed E-state index contributed by atoms with van der Waals surface area (Å²) in [6.45, 7) is 2.92. The van der Waals surface area contributed by atoms with Crippen molar-refractivity contribution in [2.45, 2.75) is 37.8 Å². The number of fused-ring (bicyclic) bond motifs is 2. The third kappa shape index (κ3) is 2.55. The highest BCUT2D eigenvalue weighted by molar-refractivity contribution is 6.23. The molecule has 1 aromatic carbocycles. The Kier molecular flexibility index (Phi) is 3.97. The number of carbonyl (C=O) groups is 4. The number of imide groups is 2. The molecule has 0 saturated carbocycles. The number of amides is 4. The summed E-state index contributed by atoms with van der Waals surface area (Å²) in [6, 6.07) is 4.87. The highest BCUT2D eigenvalue weighted by Crippen LogP contribution is 2.36. The van der Waals surface area contributed by atoms with Gasteiger partial charge in [-0.05, 0) is 49.9 Å². The summed E-state index contributed by atoms with van der Waals surface area (Å²) < 4.78 is 0. The minimum Gasteiger partial charge on any atom is -0.367 e. The van der Waals surface area contributed by atoms with Crippen LogP contribution in [0.1, 0.15) is 46.4 Å². The SMILES string of the molecule is O=C1CCC(N2C(=O)c3ccc(N4CCC5CCNCC54)cc3C2=O)C(=O)N1. The van der Waals surface area contributed by atoms with E-state index in [1.54, 1.807) is 12.1 Å². The van der Waals surface area contributed by atoms with Crippen LogP contribution in [0, 0.1) is 5.92 Å². The fraction of sp³-hybridized carbons (Fsp3) is 0.500. The molecule has 0 aromatic heterocycles. The lowest BCUT2D eigenvalue weighted by atomic mass is 9.93. The minimum absolute atomic E-state index is 0.124. The quantitative estimate of drug-likeness (QED) is 0.713. The van der Waals surface area contributed by atoms with Gasteiger partial charge in [-0.1, -0.05) is 0 Å². The maximum absolute atomic E-state index is 13.0. The molecular formula is C20H22N4O4. The van der Waals surface area contributed by atoms with Crippen LogP contribution in [0.3, 0.4) is 0 Å². The van der Waals surface area contributed by atoms with Gasteiger partial charge in [0.15, 0.2) is 0 Å². The van der Waals surface area contributed by atoms with Crippen molar-refractivity contribution in [3.63, 3.8) is 0 Å². The third-order valence-electron chi connectivity index (χ3n) is 6.49. The van der Waals surface area contributed by atoms with Crippen LogP contribution in [-0.2, 0) is 9.59 Å². The van der Waals surface area contributed by atoms with Crippen molar-refractivity contribution in [1.29, 1.82) is 0 Å². The Hall–Kier alpha value is -2.74. The molecule has 3 fully saturated rings. The van der Waals surface area contributed by atoms with Crippen LogP contribution in [0.25, 0.3) is 0 Å². The summed E-state index contributed by atoms with van der Waals surface area (Å²) in [5.41, 5.74) is 1.62. The number of benzene rings is 1. The minimum atomic E-state index is -0.924. The number of nitrogens with one attached hydrogen (secondary N) is 2. The summed E-state index contributed by atoms with van der Waals surface area (Å²) in [5.74, 6) is -1.20. The number of hydrogen-bond acceptors (Lipinski definition) is 6. The zero-order valence-corrected chi connectivity index (χ0v) is 15.4. The normalized spacial score (nSPS) is 29.8. The van der Waals surface area contributed by atoms with E-state index in [-0.39, 0.29) is 18.7 Å². The van der Waals surface area contributed by atoms with E-state index in [2.05, 4.69) is 15.5 Å². The molecule has 4 heterocycles. The third-order valence-corrected chi connectivity index (χ3v) is 6.49. The van der Waals surface area contributed by atoms with Crippen molar-refractivity contribution in [3.05, 3.63) is 29.3 Å². The molecule has 0 radical (unpaired) electrons. The van der Waals surface area contributed by atoms with Gasteiger partial charge in [-0.3, -0.25) is 29.4 Å². The molecule has 146 valence electrons. The summed E-state index contributed by atoms with van der Waals surface area (Å²) in [4.78, 5) is 52.7. The predicted octanol–water partition coefficient (Wildman–Crippen LogP) is 0.276. The van der Waals surface area contributed by atoms with Gasteiger partial charge in [-0.2, -0.15) is 0 Å². The van der Waals surface area contributed by atoms with Crippen molar-refractivity contribution in [1.82, 2.24) is 15.5 Å². The Morgan fingerprint density at radius 3 is 2.61 bits per heavy atom. The number of rotatable bonds is 2. The number of carbonyl (C=O) groups excluding carboxylic acids is 4. The second kappa shape index (κ2) is 6.41. The van der Waals surface area contributed by atoms with Crippen LogP contribution in [0.5, 0.6) is 0 Å². The molecule has 0 spiro atoms. The van der Waals surface area contributed by atoms with E-state index in [4.69, 9.17) is 0 Å². The molecule has 3 unspecified atom stereocenters. The van der Waals surface area contributed by atoms with Crippen LogP contribution in [0.4, 0.5) is 5.69 Å². The first kappa shape index (κ1) is 17.4. The molecule has 0 aliphatic carbocycles. The molecule has 5 rings (SSSR count). The van der Waals surface area contributed by atoms with Gasteiger partial charge in [-0.25, -0.2) is 0 Å². The summed E-state index contributed by atoms with van der Waals surface area (Å²) in [7, 11) is 0. The first-order chi connectivity index (χ1) is 13.5. The smallest absolute Gasteiger partial charge is 0.262 e. The zero-order chi connectivity index (χ0) is 19.4. The number of nitrogens with zero attached hydrogens (tertiary/aromatic N) is 2. The van der Waals surface area contributed by atoms with Crippen molar-refractivity contribution >= 4 is 29.3 Å². The molecule has 2 N–H and O–H groups in total. The lowest BCUT2D eigenvalue weighted by Gasteiger charge is -2.33. The molecule has 8 heteroatoms. The van der Waals surface area contributed by atoms with Crippen molar-refractivity contribution < 1.29 is 19.2 Å². The lowest BCUT2D eigenvalue weighted by Crippen LogP contribution is -2.54. The van der Waals surface area contributed by atoms with E-state index in [1.807, 2.05) is 6.07 Å². The van der Waals surface area contributed by atoms with Gasteiger partial charge in [0.25, 0.3) is 11.8 Å². The van der Waals surface area contributed by atoms with Crippen LogP contribution in [0.15, 0.2) is 18.2 Å². The Morgan fingerprint density at radius 2 is 1.79 bits per heavy atom. The van der Waals surface area contributed by atoms with Crippen LogP contribution in [0.2, 0.25) is 0 Å². The topological polar surface area (TPSA) is 98.8 Å². The molecule has 4 aliphatic heterocycles. The zero-order valence-electron chi connectivity index (χ0n) is 15.4. The number of anilines is 1. The van der Waals surface area contributed by atoms with E-state index >= 15 is 0 Å². The Balaban J connectivity index is 1.43. The molecule has 3 saturated heterocycles. The van der Waals surface area contributed by atoms with Gasteiger partial charge >= 0.3 is 0 Å². The monoisotopic (exact) mass is 382 g/mol. The van der Waals surface area contributed by atoms with Crippen LogP contribution >= 0.6 is 0 Å². The average molecular weight is 382 g/mol. The van der Waals surface area contributed by atoms with E-state index < -0.39 is 23.8 Å². The van der Waals surface area contributed by atoms with E-state index in [9.17, 15) is 19.2 Å². The molecule has 4 aliphatic rings. The highest BCUT2D eigenvalue weighted by Gasteiger charge is 2.45. The Labute approximate surface area is 162 Å². The van der Waals surface area contributed by atoms with E-state index in [1.165, 1.54) is 0 Å². The summed E-state index contributed by atoms with van der Waals surface area (Å²) in [5, 5.41) is 5.66. The summed E-state index contributed by atoms with van der Waals surface area (Å²) in [6.07, 6.45) is 2.59. The van der Waals surface area contributed by atoms with E-state index in [0.717, 1.165) is 43.1 Å². The van der Waals surface area contributed by atoms with Gasteiger partial charge in [0.2, 0.25) is 11.8 Å². The second-order valence-electron chi connectivity index (χ2n) is 7.98. The Morgan fingerprint density at radius 1 is 0.964 bits per heavy atom. The fourth-order valence-electron chi connectivity index (χ4n) is 5.03. The lowest BCUT2D eigenvalue weighted by molar-refractivity contribution is -0.136. The van der Waals surface area contributed by atoms with Gasteiger partial charge < -0.3 is 10.2 Å². The molecule has 4 amide bonds. The molecular weight excluding hydrogens is 360 g/mol. The van der Waals surface area contributed by atoms with Gasteiger partial charge in [-0.15, -0.1) is 0 Å². The van der Waals surface area contributed by atoms with Crippen LogP contribution < -0.4 is 15.5 Å². The first-order valence-corrected chi connectivity index (χ1v) is 9.87. The molecule has 1 aromatic rings. The summed E-state index contributed by atoms with van der Waals surface area (Å²) >= 11 is 0. The number of hydrogen-bond donors (Lipinski definition) is 2. The van der Waals surface area contributed by atoms with Crippen LogP contribution in [-0.4, -0.2) is 60.2 Å². The van der Waals surface area contributed by atoms with Gasteiger partial charge in [0.05, 0.1) is 11.1 Å². The predicted molar refractivity (Wildman–Crippen MR) is 99.8 cm³/mol. The highest BCUT2D eigenvalue weighted by atomic mass is 16.2. The van der Waals surface area contributed by atoms with Crippen molar-refractivity contribution in [2.75, 3.05) is 24.5 Å². The number of piperidine rings is 2. The maximum Gasteiger partial charge on any atom is 0.262 e. The van der Waals surface area contributed by atoms with E-state index in [0.29, 0.717) is 23.1 Å². The van der Waals surface area contributed by atoms with Crippen molar-refractivity contribution in [3.8, 4) is 0 Å². The molecule has 3 atom stereocenters. The van der Waals surface area contributed by atoms with Gasteiger partial charge in [0.1, 0.15) is 6.04 Å². The van der Waals surface area contributed by atoms with Crippen molar-refractivity contribution in [2.24, 2.45) is 5.92 Å². The molecule has 28 heavy (non-hydrogen) atoms.